The zero-order chi connectivity index (χ0) is 9.84. The van der Waals surface area contributed by atoms with Gasteiger partial charge in [-0.1, -0.05) is 18.2 Å². The molecular weight excluding hydrogens is 186 g/mol. The summed E-state index contributed by atoms with van der Waals surface area (Å²) in [6.45, 7) is 5.96. The molecular formula is C9H12ClN3. The summed E-state index contributed by atoms with van der Waals surface area (Å²) >= 11 is 5.59. The molecule has 0 saturated heterocycles. The second-order valence-electron chi connectivity index (χ2n) is 2.76. The molecule has 0 spiro atoms. The molecule has 0 bridgehead atoms. The number of halogens is 1. The number of hydrogen-bond acceptors (Lipinski definition) is 3. The van der Waals surface area contributed by atoms with Crippen molar-refractivity contribution in [1.29, 1.82) is 0 Å². The molecule has 1 aromatic heterocycles. The molecule has 0 unspecified atom stereocenters. The van der Waals surface area contributed by atoms with Crippen LogP contribution in [0.3, 0.4) is 0 Å². The summed E-state index contributed by atoms with van der Waals surface area (Å²) in [5.41, 5.74) is 7.42. The largest absolute Gasteiger partial charge is 0.396 e. The van der Waals surface area contributed by atoms with Gasteiger partial charge in [0.2, 0.25) is 0 Å². The number of aryl methyl sites for hydroxylation is 1. The van der Waals surface area contributed by atoms with E-state index in [2.05, 4.69) is 16.9 Å². The maximum absolute atomic E-state index is 5.77. The highest BCUT2D eigenvalue weighted by Gasteiger charge is 2.01. The molecule has 0 aliphatic rings. The molecule has 0 fully saturated rings. The van der Waals surface area contributed by atoms with Crippen LogP contribution in [-0.4, -0.2) is 11.5 Å². The third kappa shape index (κ3) is 2.63. The number of aromatic nitrogens is 1. The summed E-state index contributed by atoms with van der Waals surface area (Å²) in [4.78, 5) is 4.08. The Hall–Kier alpha value is -1.22. The van der Waals surface area contributed by atoms with Crippen LogP contribution in [0.5, 0.6) is 0 Å². The van der Waals surface area contributed by atoms with E-state index in [9.17, 15) is 0 Å². The third-order valence-electron chi connectivity index (χ3n) is 1.66. The molecule has 3 nitrogen and oxygen atoms in total. The van der Waals surface area contributed by atoms with E-state index in [0.29, 0.717) is 23.1 Å². The van der Waals surface area contributed by atoms with Gasteiger partial charge >= 0.3 is 0 Å². The zero-order valence-electron chi connectivity index (χ0n) is 7.47. The van der Waals surface area contributed by atoms with Gasteiger partial charge in [0, 0.05) is 11.2 Å². The highest BCUT2D eigenvalue weighted by molar-refractivity contribution is 6.29. The summed E-state index contributed by atoms with van der Waals surface area (Å²) in [6.07, 6.45) is 1.70. The number of hydrogen-bond donors (Lipinski definition) is 2. The van der Waals surface area contributed by atoms with Gasteiger partial charge < -0.3 is 11.1 Å². The number of pyridine rings is 1. The number of nitrogen functional groups attached to an aromatic ring is 1. The Bertz CT molecular complexity index is 323. The molecule has 0 aliphatic heterocycles. The quantitative estimate of drug-likeness (QED) is 0.781. The smallest absolute Gasteiger partial charge is 0.149 e. The van der Waals surface area contributed by atoms with E-state index < -0.39 is 0 Å². The Morgan fingerprint density at radius 3 is 3.08 bits per heavy atom. The standard InChI is InChI=1S/C9H12ClN3/c1-6-3-4-12-9(8(6)11)13-5-7(2)10/h3-4H,2,5,11H2,1H3,(H,12,13). The van der Waals surface area contributed by atoms with Crippen molar-refractivity contribution in [2.24, 2.45) is 0 Å². The first-order chi connectivity index (χ1) is 6.11. The van der Waals surface area contributed by atoms with Crippen LogP contribution in [0, 0.1) is 6.92 Å². The predicted molar refractivity (Wildman–Crippen MR) is 56.9 cm³/mol. The Kier molecular flexibility index (Phi) is 3.14. The van der Waals surface area contributed by atoms with Gasteiger partial charge in [0.15, 0.2) is 0 Å². The van der Waals surface area contributed by atoms with Crippen LogP contribution >= 0.6 is 11.6 Å². The number of nitrogens with zero attached hydrogens (tertiary/aromatic N) is 1. The third-order valence-corrected chi connectivity index (χ3v) is 1.79. The second-order valence-corrected chi connectivity index (χ2v) is 3.30. The lowest BCUT2D eigenvalue weighted by molar-refractivity contribution is 1.21. The Balaban J connectivity index is 2.77. The monoisotopic (exact) mass is 197 g/mol. The molecule has 0 amide bonds. The van der Waals surface area contributed by atoms with Crippen LogP contribution in [0.2, 0.25) is 0 Å². The van der Waals surface area contributed by atoms with Crippen LogP contribution < -0.4 is 11.1 Å². The first-order valence-corrected chi connectivity index (χ1v) is 4.27. The van der Waals surface area contributed by atoms with Crippen molar-refractivity contribution in [2.75, 3.05) is 17.6 Å². The molecule has 4 heteroatoms. The topological polar surface area (TPSA) is 50.9 Å². The normalized spacial score (nSPS) is 9.69. The van der Waals surface area contributed by atoms with E-state index in [1.54, 1.807) is 6.20 Å². The SMILES string of the molecule is C=C(Cl)CNc1nccc(C)c1N. The number of anilines is 2. The lowest BCUT2D eigenvalue weighted by Crippen LogP contribution is -2.06. The zero-order valence-corrected chi connectivity index (χ0v) is 8.23. The van der Waals surface area contributed by atoms with Gasteiger partial charge in [-0.05, 0) is 18.6 Å². The summed E-state index contributed by atoms with van der Waals surface area (Å²) < 4.78 is 0. The molecule has 70 valence electrons. The minimum atomic E-state index is 0.474. The molecule has 1 heterocycles. The first-order valence-electron chi connectivity index (χ1n) is 3.89. The average molecular weight is 198 g/mol. The summed E-state index contributed by atoms with van der Waals surface area (Å²) in [5, 5.41) is 3.52. The Labute approximate surface area is 82.6 Å². The lowest BCUT2D eigenvalue weighted by Gasteiger charge is -2.08. The van der Waals surface area contributed by atoms with Gasteiger partial charge in [-0.2, -0.15) is 0 Å². The van der Waals surface area contributed by atoms with Crippen LogP contribution in [0.1, 0.15) is 5.56 Å². The minimum Gasteiger partial charge on any atom is -0.396 e. The Morgan fingerprint density at radius 2 is 2.46 bits per heavy atom. The van der Waals surface area contributed by atoms with Crippen molar-refractivity contribution in [1.82, 2.24) is 4.98 Å². The van der Waals surface area contributed by atoms with Gasteiger partial charge in [-0.3, -0.25) is 0 Å². The van der Waals surface area contributed by atoms with Crippen molar-refractivity contribution in [2.45, 2.75) is 6.92 Å². The van der Waals surface area contributed by atoms with E-state index in [-0.39, 0.29) is 0 Å². The van der Waals surface area contributed by atoms with Gasteiger partial charge in [-0.15, -0.1) is 0 Å². The molecule has 0 radical (unpaired) electrons. The van der Waals surface area contributed by atoms with Crippen LogP contribution in [0.15, 0.2) is 23.9 Å². The van der Waals surface area contributed by atoms with E-state index in [1.807, 2.05) is 13.0 Å². The summed E-state index contributed by atoms with van der Waals surface area (Å²) in [6, 6.07) is 1.86. The fraction of sp³-hybridized carbons (Fsp3) is 0.222. The number of nitrogens with one attached hydrogen (secondary N) is 1. The van der Waals surface area contributed by atoms with E-state index in [0.717, 1.165) is 5.56 Å². The Morgan fingerprint density at radius 1 is 1.77 bits per heavy atom. The maximum atomic E-state index is 5.77. The minimum absolute atomic E-state index is 0.474. The molecule has 13 heavy (non-hydrogen) atoms. The highest BCUT2D eigenvalue weighted by Crippen LogP contribution is 2.18. The van der Waals surface area contributed by atoms with Crippen molar-refractivity contribution in [3.8, 4) is 0 Å². The molecule has 0 aliphatic carbocycles. The van der Waals surface area contributed by atoms with E-state index >= 15 is 0 Å². The molecule has 1 aromatic rings. The van der Waals surface area contributed by atoms with E-state index in [4.69, 9.17) is 17.3 Å². The molecule has 0 saturated carbocycles. The summed E-state index contributed by atoms with van der Waals surface area (Å²) in [5.74, 6) is 0.654. The van der Waals surface area contributed by atoms with Crippen molar-refractivity contribution in [3.05, 3.63) is 29.4 Å². The van der Waals surface area contributed by atoms with Crippen molar-refractivity contribution in [3.63, 3.8) is 0 Å². The van der Waals surface area contributed by atoms with Crippen LogP contribution in [-0.2, 0) is 0 Å². The predicted octanol–water partition coefficient (Wildman–Crippen LogP) is 2.14. The number of nitrogens with two attached hydrogens (primary N) is 1. The van der Waals surface area contributed by atoms with Crippen molar-refractivity contribution >= 4 is 23.1 Å². The fourth-order valence-electron chi connectivity index (χ4n) is 0.890. The molecule has 3 N–H and O–H groups in total. The van der Waals surface area contributed by atoms with Gasteiger partial charge in [0.05, 0.1) is 12.2 Å². The highest BCUT2D eigenvalue weighted by atomic mass is 35.5. The maximum Gasteiger partial charge on any atom is 0.149 e. The molecule has 0 aromatic carbocycles. The lowest BCUT2D eigenvalue weighted by atomic mass is 10.2. The average Bonchev–Trinajstić information content (AvgIpc) is 2.07. The van der Waals surface area contributed by atoms with Crippen LogP contribution in [0.25, 0.3) is 0 Å². The molecule has 1 rings (SSSR count). The summed E-state index contributed by atoms with van der Waals surface area (Å²) in [7, 11) is 0. The van der Waals surface area contributed by atoms with Crippen molar-refractivity contribution < 1.29 is 0 Å². The van der Waals surface area contributed by atoms with E-state index in [1.165, 1.54) is 0 Å². The van der Waals surface area contributed by atoms with Gasteiger partial charge in [-0.25, -0.2) is 4.98 Å². The fourth-order valence-corrected chi connectivity index (χ4v) is 0.957. The van der Waals surface area contributed by atoms with Gasteiger partial charge in [0.1, 0.15) is 5.82 Å². The van der Waals surface area contributed by atoms with Crippen LogP contribution in [0.4, 0.5) is 11.5 Å². The second kappa shape index (κ2) is 4.14. The van der Waals surface area contributed by atoms with Gasteiger partial charge in [0.25, 0.3) is 0 Å². The molecule has 0 atom stereocenters. The first kappa shape index (κ1) is 9.86. The number of rotatable bonds is 3.